The van der Waals surface area contributed by atoms with Crippen molar-refractivity contribution in [1.29, 1.82) is 0 Å². The molecule has 0 radical (unpaired) electrons. The van der Waals surface area contributed by atoms with E-state index in [1.54, 1.807) is 0 Å². The summed E-state index contributed by atoms with van der Waals surface area (Å²) in [5.74, 6) is 0.175. The highest BCUT2D eigenvalue weighted by molar-refractivity contribution is 7.91. The molecule has 0 amide bonds. The van der Waals surface area contributed by atoms with E-state index in [2.05, 4.69) is 0 Å². The van der Waals surface area contributed by atoms with E-state index >= 15 is 0 Å². The molecule has 0 heterocycles. The van der Waals surface area contributed by atoms with Crippen LogP contribution in [0.1, 0.15) is 27.7 Å². The molecule has 2 rings (SSSR count). The zero-order valence-electron chi connectivity index (χ0n) is 19.3. The van der Waals surface area contributed by atoms with Crippen molar-refractivity contribution in [2.45, 2.75) is 37.5 Å². The summed E-state index contributed by atoms with van der Waals surface area (Å²) in [6.45, 7) is 7.82. The molecule has 0 saturated carbocycles. The number of carbonyl (C=O) groups is 2. The lowest BCUT2D eigenvalue weighted by molar-refractivity contribution is -0.147. The van der Waals surface area contributed by atoms with E-state index in [9.17, 15) is 18.0 Å². The van der Waals surface area contributed by atoms with Crippen LogP contribution in [0.4, 0.5) is 0 Å². The first-order valence-electron chi connectivity index (χ1n) is 10.6. The van der Waals surface area contributed by atoms with Gasteiger partial charge in [0.05, 0.1) is 23.0 Å². The van der Waals surface area contributed by atoms with E-state index in [0.29, 0.717) is 24.7 Å². The van der Waals surface area contributed by atoms with Crippen LogP contribution in [0.3, 0.4) is 0 Å². The molecule has 0 spiro atoms. The van der Waals surface area contributed by atoms with Crippen molar-refractivity contribution in [3.63, 3.8) is 0 Å². The second-order valence-electron chi connectivity index (χ2n) is 8.18. The molecule has 0 N–H and O–H groups in total. The van der Waals surface area contributed by atoms with Crippen LogP contribution in [0.25, 0.3) is 0 Å². The molecular weight excluding hydrogens is 448 g/mol. The summed E-state index contributed by atoms with van der Waals surface area (Å²) in [6, 6.07) is 11.5. The minimum Gasteiger partial charge on any atom is -0.482 e. The summed E-state index contributed by atoms with van der Waals surface area (Å²) in [7, 11) is -3.77. The van der Waals surface area contributed by atoms with Gasteiger partial charge < -0.3 is 18.9 Å². The monoisotopic (exact) mass is 478 g/mol. The summed E-state index contributed by atoms with van der Waals surface area (Å²) in [6.07, 6.45) is 0. The van der Waals surface area contributed by atoms with Gasteiger partial charge in [-0.05, 0) is 60.4 Å². The van der Waals surface area contributed by atoms with E-state index in [-0.39, 0.29) is 34.8 Å². The quantitative estimate of drug-likeness (QED) is 0.426. The smallest absolute Gasteiger partial charge is 0.344 e. The highest BCUT2D eigenvalue weighted by Crippen LogP contribution is 2.25. The van der Waals surface area contributed by atoms with E-state index in [1.807, 2.05) is 27.7 Å². The van der Waals surface area contributed by atoms with Crippen LogP contribution in [-0.4, -0.2) is 46.8 Å². The highest BCUT2D eigenvalue weighted by atomic mass is 32.2. The molecule has 0 atom stereocenters. The van der Waals surface area contributed by atoms with Gasteiger partial charge >= 0.3 is 11.9 Å². The predicted octanol–water partition coefficient (Wildman–Crippen LogP) is 3.68. The van der Waals surface area contributed by atoms with Crippen LogP contribution in [-0.2, 0) is 28.9 Å². The van der Waals surface area contributed by atoms with Crippen molar-refractivity contribution in [2.75, 3.05) is 26.4 Å². The van der Waals surface area contributed by atoms with Gasteiger partial charge in [0.1, 0.15) is 11.5 Å². The van der Waals surface area contributed by atoms with Crippen molar-refractivity contribution in [2.24, 2.45) is 11.8 Å². The lowest BCUT2D eigenvalue weighted by atomic mass is 10.2. The molecule has 0 aromatic heterocycles. The SMILES string of the molecule is CC(C)COC(=O)COc1ccc(S(=O)(=O)c2ccc(OCC(=O)OCC(C)C)cc2)cc1. The molecule has 0 unspecified atom stereocenters. The average molecular weight is 479 g/mol. The third kappa shape index (κ3) is 8.76. The number of hydrogen-bond donors (Lipinski definition) is 0. The summed E-state index contributed by atoms with van der Waals surface area (Å²) >= 11 is 0. The van der Waals surface area contributed by atoms with Crippen LogP contribution in [0, 0.1) is 11.8 Å². The van der Waals surface area contributed by atoms with Crippen LogP contribution in [0.2, 0.25) is 0 Å². The van der Waals surface area contributed by atoms with E-state index in [1.165, 1.54) is 48.5 Å². The van der Waals surface area contributed by atoms with Gasteiger partial charge in [0.2, 0.25) is 9.84 Å². The maximum absolute atomic E-state index is 12.9. The van der Waals surface area contributed by atoms with E-state index in [4.69, 9.17) is 18.9 Å². The summed E-state index contributed by atoms with van der Waals surface area (Å²) in [4.78, 5) is 23.4. The number of benzene rings is 2. The number of esters is 2. The van der Waals surface area contributed by atoms with Gasteiger partial charge in [-0.1, -0.05) is 27.7 Å². The molecule has 8 nitrogen and oxygen atoms in total. The molecule has 33 heavy (non-hydrogen) atoms. The third-order valence-electron chi connectivity index (χ3n) is 4.14. The Morgan fingerprint density at radius 2 is 1.00 bits per heavy atom. The Labute approximate surface area is 194 Å². The Morgan fingerprint density at radius 1 is 0.667 bits per heavy atom. The predicted molar refractivity (Wildman–Crippen MR) is 121 cm³/mol. The van der Waals surface area contributed by atoms with Crippen LogP contribution in [0.5, 0.6) is 11.5 Å². The molecule has 2 aromatic carbocycles. The molecule has 0 bridgehead atoms. The van der Waals surface area contributed by atoms with E-state index < -0.39 is 21.8 Å². The second-order valence-corrected chi connectivity index (χ2v) is 10.1. The number of sulfone groups is 1. The fourth-order valence-corrected chi connectivity index (χ4v) is 3.71. The Hall–Kier alpha value is -3.07. The molecule has 0 aliphatic heterocycles. The maximum Gasteiger partial charge on any atom is 0.344 e. The first kappa shape index (κ1) is 26.2. The molecule has 2 aromatic rings. The normalized spacial score (nSPS) is 11.3. The Bertz CT molecular complexity index is 932. The fourth-order valence-electron chi connectivity index (χ4n) is 2.45. The first-order valence-corrected chi connectivity index (χ1v) is 12.1. The highest BCUT2D eigenvalue weighted by Gasteiger charge is 2.18. The van der Waals surface area contributed by atoms with Gasteiger partial charge in [0.25, 0.3) is 0 Å². The summed E-state index contributed by atoms with van der Waals surface area (Å²) < 4.78 is 46.5. The lowest BCUT2D eigenvalue weighted by Gasteiger charge is -2.10. The fraction of sp³-hybridized carbons (Fsp3) is 0.417. The zero-order chi connectivity index (χ0) is 24.4. The molecule has 180 valence electrons. The standard InChI is InChI=1S/C24H30O8S/c1-17(2)13-31-23(25)15-29-19-5-9-21(10-6-19)33(27,28)22-11-7-20(8-12-22)30-16-24(26)32-14-18(3)4/h5-12,17-18H,13-16H2,1-4H3. The molecule has 0 fully saturated rings. The van der Waals surface area contributed by atoms with Crippen molar-refractivity contribution in [3.05, 3.63) is 48.5 Å². The minimum atomic E-state index is -3.77. The largest absolute Gasteiger partial charge is 0.482 e. The summed E-state index contributed by atoms with van der Waals surface area (Å²) in [5.41, 5.74) is 0. The molecule has 0 aliphatic carbocycles. The topological polar surface area (TPSA) is 105 Å². The maximum atomic E-state index is 12.9. The molecule has 9 heteroatoms. The Kier molecular flexibility index (Phi) is 9.72. The molecule has 0 aliphatic rings. The van der Waals surface area contributed by atoms with Gasteiger partial charge in [-0.25, -0.2) is 18.0 Å². The van der Waals surface area contributed by atoms with E-state index in [0.717, 1.165) is 0 Å². The number of rotatable bonds is 12. The first-order chi connectivity index (χ1) is 15.6. The van der Waals surface area contributed by atoms with Crippen molar-refractivity contribution in [3.8, 4) is 11.5 Å². The van der Waals surface area contributed by atoms with Gasteiger partial charge in [0.15, 0.2) is 13.2 Å². The van der Waals surface area contributed by atoms with Gasteiger partial charge in [0, 0.05) is 0 Å². The van der Waals surface area contributed by atoms with Crippen LogP contribution >= 0.6 is 0 Å². The van der Waals surface area contributed by atoms with Crippen molar-refractivity contribution in [1.82, 2.24) is 0 Å². The van der Waals surface area contributed by atoms with Crippen LogP contribution < -0.4 is 9.47 Å². The third-order valence-corrected chi connectivity index (χ3v) is 5.92. The minimum absolute atomic E-state index is 0.0724. The van der Waals surface area contributed by atoms with Crippen LogP contribution in [0.15, 0.2) is 58.3 Å². The Balaban J connectivity index is 1.93. The lowest BCUT2D eigenvalue weighted by Crippen LogP contribution is -2.17. The zero-order valence-corrected chi connectivity index (χ0v) is 20.1. The van der Waals surface area contributed by atoms with Gasteiger partial charge in [-0.15, -0.1) is 0 Å². The Morgan fingerprint density at radius 3 is 1.30 bits per heavy atom. The molecule has 0 saturated heterocycles. The van der Waals surface area contributed by atoms with Gasteiger partial charge in [-0.3, -0.25) is 0 Å². The number of hydrogen-bond acceptors (Lipinski definition) is 8. The van der Waals surface area contributed by atoms with Crippen molar-refractivity contribution >= 4 is 21.8 Å². The molecular formula is C24H30O8S. The second kappa shape index (κ2) is 12.2. The summed E-state index contributed by atoms with van der Waals surface area (Å²) in [5, 5.41) is 0. The average Bonchev–Trinajstić information content (AvgIpc) is 2.79. The van der Waals surface area contributed by atoms with Gasteiger partial charge in [-0.2, -0.15) is 0 Å². The number of ether oxygens (including phenoxy) is 4. The van der Waals surface area contributed by atoms with Crippen molar-refractivity contribution < 1.29 is 37.0 Å². The number of carbonyl (C=O) groups excluding carboxylic acids is 2.